The minimum atomic E-state index is -0.0480. The van der Waals surface area contributed by atoms with Crippen LogP contribution in [0.25, 0.3) is 0 Å². The molecule has 2 rings (SSSR count). The fraction of sp³-hybridized carbons (Fsp3) is 0.188. The average molecular weight is 302 g/mol. The third-order valence-electron chi connectivity index (χ3n) is 2.97. The topological polar surface area (TPSA) is 64.3 Å². The van der Waals surface area contributed by atoms with Crippen LogP contribution in [0.5, 0.6) is 5.75 Å². The van der Waals surface area contributed by atoms with E-state index in [9.17, 15) is 4.79 Å². The maximum absolute atomic E-state index is 12.0. The highest BCUT2D eigenvalue weighted by Crippen LogP contribution is 2.31. The van der Waals surface area contributed by atoms with Gasteiger partial charge in [-0.25, -0.2) is 0 Å². The molecule has 2 aromatic carbocycles. The van der Waals surface area contributed by atoms with Crippen LogP contribution in [0.4, 0.5) is 11.4 Å². The van der Waals surface area contributed by atoms with Gasteiger partial charge in [0.2, 0.25) is 5.91 Å². The minimum Gasteiger partial charge on any atom is -0.496 e. The van der Waals surface area contributed by atoms with Gasteiger partial charge in [-0.3, -0.25) is 4.79 Å². The zero-order valence-corrected chi connectivity index (χ0v) is 12.9. The predicted octanol–water partition coefficient (Wildman–Crippen LogP) is 3.32. The number of thioether (sulfide) groups is 1. The van der Waals surface area contributed by atoms with Crippen LogP contribution in [0.1, 0.15) is 5.56 Å². The first-order valence-corrected chi connectivity index (χ1v) is 7.50. The lowest BCUT2D eigenvalue weighted by atomic mass is 10.2. The van der Waals surface area contributed by atoms with E-state index in [1.54, 1.807) is 19.2 Å². The molecule has 21 heavy (non-hydrogen) atoms. The van der Waals surface area contributed by atoms with Crippen molar-refractivity contribution in [3.63, 3.8) is 0 Å². The molecule has 5 heteroatoms. The smallest absolute Gasteiger partial charge is 0.234 e. The number of nitrogen functional groups attached to an aromatic ring is 1. The number of ether oxygens (including phenoxy) is 1. The van der Waals surface area contributed by atoms with Gasteiger partial charge < -0.3 is 15.8 Å². The highest BCUT2D eigenvalue weighted by molar-refractivity contribution is 8.00. The van der Waals surface area contributed by atoms with E-state index < -0.39 is 0 Å². The Hall–Kier alpha value is -2.14. The Balaban J connectivity index is 1.97. The van der Waals surface area contributed by atoms with Crippen molar-refractivity contribution in [2.24, 2.45) is 0 Å². The highest BCUT2D eigenvalue weighted by Gasteiger charge is 2.09. The first-order valence-electron chi connectivity index (χ1n) is 6.52. The summed E-state index contributed by atoms with van der Waals surface area (Å²) in [4.78, 5) is 12.9. The molecule has 2 aromatic rings. The maximum Gasteiger partial charge on any atom is 0.234 e. The number of nitrogens with two attached hydrogens (primary N) is 1. The van der Waals surface area contributed by atoms with Crippen LogP contribution in [0.2, 0.25) is 0 Å². The molecule has 0 aliphatic heterocycles. The molecule has 0 aromatic heterocycles. The summed E-state index contributed by atoms with van der Waals surface area (Å²) in [5.74, 6) is 0.950. The number of nitrogens with one attached hydrogen (secondary N) is 1. The van der Waals surface area contributed by atoms with Gasteiger partial charge in [0, 0.05) is 22.3 Å². The van der Waals surface area contributed by atoms with Crippen molar-refractivity contribution >= 4 is 29.0 Å². The number of para-hydroxylation sites is 1. The van der Waals surface area contributed by atoms with Crippen molar-refractivity contribution in [2.75, 3.05) is 23.9 Å². The number of carbonyl (C=O) groups excluding carboxylic acids is 1. The first-order chi connectivity index (χ1) is 10.1. The molecule has 0 radical (unpaired) electrons. The van der Waals surface area contributed by atoms with Crippen molar-refractivity contribution in [1.29, 1.82) is 0 Å². The number of aryl methyl sites for hydroxylation is 1. The summed E-state index contributed by atoms with van der Waals surface area (Å²) in [7, 11) is 1.59. The molecular formula is C16H18N2O2S. The van der Waals surface area contributed by atoms with Gasteiger partial charge in [-0.1, -0.05) is 18.2 Å². The van der Waals surface area contributed by atoms with E-state index in [-0.39, 0.29) is 5.91 Å². The Morgan fingerprint density at radius 2 is 2.05 bits per heavy atom. The predicted molar refractivity (Wildman–Crippen MR) is 87.9 cm³/mol. The molecule has 0 atom stereocenters. The van der Waals surface area contributed by atoms with Crippen LogP contribution in [-0.4, -0.2) is 18.8 Å². The lowest BCUT2D eigenvalue weighted by Crippen LogP contribution is -2.14. The molecule has 0 aliphatic carbocycles. The van der Waals surface area contributed by atoms with E-state index in [4.69, 9.17) is 10.5 Å². The Morgan fingerprint density at radius 3 is 2.76 bits per heavy atom. The van der Waals surface area contributed by atoms with Crippen LogP contribution < -0.4 is 15.8 Å². The van der Waals surface area contributed by atoms with Crippen molar-refractivity contribution in [1.82, 2.24) is 0 Å². The zero-order chi connectivity index (χ0) is 15.2. The van der Waals surface area contributed by atoms with Gasteiger partial charge in [0.05, 0.1) is 12.9 Å². The van der Waals surface area contributed by atoms with Gasteiger partial charge in [0.25, 0.3) is 0 Å². The lowest BCUT2D eigenvalue weighted by molar-refractivity contribution is -0.113. The second kappa shape index (κ2) is 7.04. The molecule has 0 unspecified atom stereocenters. The Bertz CT molecular complexity index is 644. The molecule has 4 nitrogen and oxygen atoms in total. The van der Waals surface area contributed by atoms with Gasteiger partial charge in [-0.15, -0.1) is 11.8 Å². The Labute approximate surface area is 128 Å². The van der Waals surface area contributed by atoms with Crippen LogP contribution in [0.15, 0.2) is 47.4 Å². The molecule has 110 valence electrons. The molecule has 0 saturated heterocycles. The van der Waals surface area contributed by atoms with Crippen LogP contribution >= 0.6 is 11.8 Å². The SMILES string of the molecule is COc1cc(N)ccc1SCC(=O)Nc1ccccc1C. The van der Waals surface area contributed by atoms with Gasteiger partial charge >= 0.3 is 0 Å². The number of methoxy groups -OCH3 is 1. The number of hydrogen-bond acceptors (Lipinski definition) is 4. The van der Waals surface area contributed by atoms with E-state index in [1.165, 1.54) is 11.8 Å². The molecule has 0 bridgehead atoms. The van der Waals surface area contributed by atoms with Crippen LogP contribution in [-0.2, 0) is 4.79 Å². The standard InChI is InChI=1S/C16H18N2O2S/c1-11-5-3-4-6-13(11)18-16(19)10-21-15-8-7-12(17)9-14(15)20-2/h3-9H,10,17H2,1-2H3,(H,18,19). The fourth-order valence-electron chi connectivity index (χ4n) is 1.85. The number of anilines is 2. The van der Waals surface area contributed by atoms with Crippen molar-refractivity contribution in [3.05, 3.63) is 48.0 Å². The molecule has 0 saturated carbocycles. The summed E-state index contributed by atoms with van der Waals surface area (Å²) in [6, 6.07) is 13.1. The molecule has 0 spiro atoms. The number of benzene rings is 2. The third-order valence-corrected chi connectivity index (χ3v) is 4.02. The lowest BCUT2D eigenvalue weighted by Gasteiger charge is -2.10. The summed E-state index contributed by atoms with van der Waals surface area (Å²) in [5, 5.41) is 2.90. The first kappa shape index (κ1) is 15.3. The molecule has 0 aliphatic rings. The number of amides is 1. The van der Waals surface area contributed by atoms with E-state index in [0.29, 0.717) is 17.2 Å². The monoisotopic (exact) mass is 302 g/mol. The van der Waals surface area contributed by atoms with Gasteiger partial charge in [-0.05, 0) is 30.7 Å². The van der Waals surface area contributed by atoms with E-state index >= 15 is 0 Å². The van der Waals surface area contributed by atoms with Gasteiger partial charge in [0.15, 0.2) is 0 Å². The van der Waals surface area contributed by atoms with Crippen molar-refractivity contribution < 1.29 is 9.53 Å². The minimum absolute atomic E-state index is 0.0480. The fourth-order valence-corrected chi connectivity index (χ4v) is 2.65. The maximum atomic E-state index is 12.0. The Morgan fingerprint density at radius 1 is 1.29 bits per heavy atom. The second-order valence-electron chi connectivity index (χ2n) is 4.56. The number of rotatable bonds is 5. The van der Waals surface area contributed by atoms with Crippen molar-refractivity contribution in [2.45, 2.75) is 11.8 Å². The largest absolute Gasteiger partial charge is 0.496 e. The number of hydrogen-bond donors (Lipinski definition) is 2. The normalized spacial score (nSPS) is 10.2. The molecule has 0 fully saturated rings. The summed E-state index contributed by atoms with van der Waals surface area (Å²) in [5.41, 5.74) is 8.23. The average Bonchev–Trinajstić information content (AvgIpc) is 2.48. The quantitative estimate of drug-likeness (QED) is 0.657. The van der Waals surface area contributed by atoms with E-state index in [0.717, 1.165) is 16.1 Å². The molecule has 3 N–H and O–H groups in total. The summed E-state index contributed by atoms with van der Waals surface area (Å²) < 4.78 is 5.26. The summed E-state index contributed by atoms with van der Waals surface area (Å²) >= 11 is 1.42. The summed E-state index contributed by atoms with van der Waals surface area (Å²) in [6.07, 6.45) is 0. The number of carbonyl (C=O) groups is 1. The van der Waals surface area contributed by atoms with Crippen LogP contribution in [0.3, 0.4) is 0 Å². The zero-order valence-electron chi connectivity index (χ0n) is 12.1. The van der Waals surface area contributed by atoms with Crippen molar-refractivity contribution in [3.8, 4) is 5.75 Å². The third kappa shape index (κ3) is 4.16. The second-order valence-corrected chi connectivity index (χ2v) is 5.58. The summed E-state index contributed by atoms with van der Waals surface area (Å²) in [6.45, 7) is 1.96. The van der Waals surface area contributed by atoms with Gasteiger partial charge in [-0.2, -0.15) is 0 Å². The Kier molecular flexibility index (Phi) is 5.11. The molecule has 1 amide bonds. The molecular weight excluding hydrogens is 284 g/mol. The van der Waals surface area contributed by atoms with E-state index in [1.807, 2.05) is 37.3 Å². The van der Waals surface area contributed by atoms with Crippen LogP contribution in [0, 0.1) is 6.92 Å². The highest BCUT2D eigenvalue weighted by atomic mass is 32.2. The molecule has 0 heterocycles. The van der Waals surface area contributed by atoms with Gasteiger partial charge in [0.1, 0.15) is 5.75 Å². The van der Waals surface area contributed by atoms with E-state index in [2.05, 4.69) is 5.32 Å².